The number of carbonyl (C=O) groups excluding carboxylic acids is 2. The van der Waals surface area contributed by atoms with Crippen molar-refractivity contribution in [3.8, 4) is 0 Å². The van der Waals surface area contributed by atoms with Gasteiger partial charge in [0.25, 0.3) is 10.0 Å². The minimum atomic E-state index is -4.77. The number of halogens is 4. The van der Waals surface area contributed by atoms with Gasteiger partial charge in [-0.15, -0.1) is 0 Å². The Bertz CT molecular complexity index is 1100. The SMILES string of the molecule is CC(=O)Nc1ccc(S(=O)(=O)N(CC(=O)OC(C)C)c2cc(C(F)(F)F)ccc2Cl)cc1. The summed E-state index contributed by atoms with van der Waals surface area (Å²) in [6, 6.07) is 7.03. The molecule has 2 aromatic rings. The molecule has 0 atom stereocenters. The molecule has 0 aromatic heterocycles. The fourth-order valence-electron chi connectivity index (χ4n) is 2.64. The Morgan fingerprint density at radius 3 is 2.22 bits per heavy atom. The van der Waals surface area contributed by atoms with Crippen LogP contribution in [0.25, 0.3) is 0 Å². The Hall–Kier alpha value is -2.79. The van der Waals surface area contributed by atoms with E-state index in [1.165, 1.54) is 32.9 Å². The summed E-state index contributed by atoms with van der Waals surface area (Å²) in [6.45, 7) is 3.43. The second-order valence-electron chi connectivity index (χ2n) is 6.92. The van der Waals surface area contributed by atoms with Crippen LogP contribution in [-0.2, 0) is 30.5 Å². The van der Waals surface area contributed by atoms with E-state index >= 15 is 0 Å². The van der Waals surface area contributed by atoms with Gasteiger partial charge in [0.2, 0.25) is 5.91 Å². The summed E-state index contributed by atoms with van der Waals surface area (Å²) in [5.41, 5.74) is -1.37. The van der Waals surface area contributed by atoms with E-state index in [1.807, 2.05) is 0 Å². The predicted octanol–water partition coefficient (Wildman–Crippen LogP) is 4.46. The van der Waals surface area contributed by atoms with E-state index in [9.17, 15) is 31.2 Å². The van der Waals surface area contributed by atoms with E-state index in [-0.39, 0.29) is 15.8 Å². The highest BCUT2D eigenvalue weighted by Crippen LogP contribution is 2.37. The lowest BCUT2D eigenvalue weighted by molar-refractivity contribution is -0.145. The summed E-state index contributed by atoms with van der Waals surface area (Å²) < 4.78 is 71.7. The number of benzene rings is 2. The molecule has 0 saturated heterocycles. The first kappa shape index (κ1) is 25.5. The molecule has 0 aliphatic carbocycles. The monoisotopic (exact) mass is 492 g/mol. The third-order valence-electron chi connectivity index (χ3n) is 3.94. The summed E-state index contributed by atoms with van der Waals surface area (Å²) in [5.74, 6) is -1.36. The fraction of sp³-hybridized carbons (Fsp3) is 0.300. The highest BCUT2D eigenvalue weighted by molar-refractivity contribution is 7.92. The second-order valence-corrected chi connectivity index (χ2v) is 9.19. The van der Waals surface area contributed by atoms with E-state index in [1.54, 1.807) is 0 Å². The molecule has 1 N–H and O–H groups in total. The molecule has 7 nitrogen and oxygen atoms in total. The molecule has 0 unspecified atom stereocenters. The average molecular weight is 493 g/mol. The van der Waals surface area contributed by atoms with Gasteiger partial charge in [-0.3, -0.25) is 13.9 Å². The number of hydrogen-bond acceptors (Lipinski definition) is 5. The van der Waals surface area contributed by atoms with Crippen molar-refractivity contribution in [1.82, 2.24) is 0 Å². The number of rotatable bonds is 7. The number of sulfonamides is 1. The zero-order valence-corrected chi connectivity index (χ0v) is 18.8. The fourth-order valence-corrected chi connectivity index (χ4v) is 4.33. The number of nitrogens with one attached hydrogen (secondary N) is 1. The number of hydrogen-bond donors (Lipinski definition) is 1. The van der Waals surface area contributed by atoms with E-state index in [0.29, 0.717) is 22.1 Å². The Morgan fingerprint density at radius 2 is 1.72 bits per heavy atom. The van der Waals surface area contributed by atoms with Crippen LogP contribution >= 0.6 is 11.6 Å². The summed E-state index contributed by atoms with van der Waals surface area (Å²) in [4.78, 5) is 23.1. The van der Waals surface area contributed by atoms with Gasteiger partial charge in [-0.25, -0.2) is 8.42 Å². The molecule has 1 amide bonds. The molecule has 2 aromatic carbocycles. The van der Waals surface area contributed by atoms with Crippen LogP contribution in [0.3, 0.4) is 0 Å². The molecule has 0 aliphatic rings. The van der Waals surface area contributed by atoms with Crippen LogP contribution in [0.15, 0.2) is 47.4 Å². The largest absolute Gasteiger partial charge is 0.462 e. The first-order valence-electron chi connectivity index (χ1n) is 9.18. The lowest BCUT2D eigenvalue weighted by Crippen LogP contribution is -2.37. The van der Waals surface area contributed by atoms with Gasteiger partial charge in [-0.1, -0.05) is 11.6 Å². The molecular formula is C20H20ClF3N2O5S. The third kappa shape index (κ3) is 6.36. The zero-order chi connectivity index (χ0) is 24.3. The van der Waals surface area contributed by atoms with E-state index in [0.717, 1.165) is 18.2 Å². The Morgan fingerprint density at radius 1 is 1.12 bits per heavy atom. The first-order valence-corrected chi connectivity index (χ1v) is 11.0. The maximum absolute atomic E-state index is 13.3. The Kier molecular flexibility index (Phi) is 7.79. The molecular weight excluding hydrogens is 473 g/mol. The molecule has 0 aliphatic heterocycles. The quantitative estimate of drug-likeness (QED) is 0.576. The molecule has 0 heterocycles. The van der Waals surface area contributed by atoms with Crippen LogP contribution in [0.1, 0.15) is 26.3 Å². The van der Waals surface area contributed by atoms with E-state index in [4.69, 9.17) is 16.3 Å². The van der Waals surface area contributed by atoms with Crippen molar-refractivity contribution in [1.29, 1.82) is 0 Å². The van der Waals surface area contributed by atoms with Crippen LogP contribution in [0.5, 0.6) is 0 Å². The van der Waals surface area contributed by atoms with Gasteiger partial charge in [0.05, 0.1) is 27.3 Å². The summed E-state index contributed by atoms with van der Waals surface area (Å²) >= 11 is 6.03. The number of nitrogens with zero attached hydrogens (tertiary/aromatic N) is 1. The summed E-state index contributed by atoms with van der Waals surface area (Å²) in [5, 5.41) is 2.15. The second kappa shape index (κ2) is 9.78. The molecule has 0 spiro atoms. The van der Waals surface area contributed by atoms with Crippen LogP contribution in [0.2, 0.25) is 5.02 Å². The predicted molar refractivity (Wildman–Crippen MR) is 113 cm³/mol. The van der Waals surface area contributed by atoms with Gasteiger partial charge >= 0.3 is 12.1 Å². The maximum Gasteiger partial charge on any atom is 0.416 e. The van der Waals surface area contributed by atoms with Crippen LogP contribution in [0.4, 0.5) is 24.5 Å². The standard InChI is InChI=1S/C20H20ClF3N2O5S/c1-12(2)31-19(28)11-26(18-10-14(20(22,23)24)4-9-17(18)21)32(29,30)16-7-5-15(6-8-16)25-13(3)27/h4-10,12H,11H2,1-3H3,(H,25,27). The normalized spacial score (nSPS) is 11.9. The molecule has 174 valence electrons. The third-order valence-corrected chi connectivity index (χ3v) is 6.04. The number of ether oxygens (including phenoxy) is 1. The summed E-state index contributed by atoms with van der Waals surface area (Å²) in [6.07, 6.45) is -5.35. The van der Waals surface area contributed by atoms with E-state index < -0.39 is 46.1 Å². The van der Waals surface area contributed by atoms with Gasteiger partial charge in [-0.2, -0.15) is 13.2 Å². The minimum Gasteiger partial charge on any atom is -0.462 e. The van der Waals surface area contributed by atoms with Crippen molar-refractivity contribution in [2.45, 2.75) is 37.9 Å². The zero-order valence-electron chi connectivity index (χ0n) is 17.2. The number of esters is 1. The van der Waals surface area contributed by atoms with Crippen molar-refractivity contribution >= 4 is 44.9 Å². The Labute approximate surface area is 188 Å². The van der Waals surface area contributed by atoms with Crippen molar-refractivity contribution in [3.63, 3.8) is 0 Å². The van der Waals surface area contributed by atoms with Crippen molar-refractivity contribution < 1.29 is 35.9 Å². The highest BCUT2D eigenvalue weighted by Gasteiger charge is 2.35. The smallest absolute Gasteiger partial charge is 0.416 e. The minimum absolute atomic E-state index is 0.305. The van der Waals surface area contributed by atoms with Gasteiger partial charge in [0.1, 0.15) is 6.54 Å². The molecule has 0 fully saturated rings. The summed E-state index contributed by atoms with van der Waals surface area (Å²) in [7, 11) is -4.55. The molecule has 2 rings (SSSR count). The maximum atomic E-state index is 13.3. The van der Waals surface area contributed by atoms with E-state index in [2.05, 4.69) is 5.32 Å². The number of carbonyl (C=O) groups is 2. The average Bonchev–Trinajstić information content (AvgIpc) is 2.65. The van der Waals surface area contributed by atoms with Gasteiger partial charge in [-0.05, 0) is 56.3 Å². The molecule has 0 radical (unpaired) electrons. The number of amides is 1. The van der Waals surface area contributed by atoms with Crippen molar-refractivity contribution in [3.05, 3.63) is 53.1 Å². The number of anilines is 2. The van der Waals surface area contributed by atoms with Gasteiger partial charge in [0.15, 0.2) is 0 Å². The lowest BCUT2D eigenvalue weighted by Gasteiger charge is -2.26. The topological polar surface area (TPSA) is 92.8 Å². The molecule has 0 bridgehead atoms. The number of alkyl halides is 3. The van der Waals surface area contributed by atoms with Gasteiger partial charge in [0, 0.05) is 12.6 Å². The molecule has 0 saturated carbocycles. The first-order chi connectivity index (χ1) is 14.7. The van der Waals surface area contributed by atoms with Crippen LogP contribution in [0, 0.1) is 0 Å². The van der Waals surface area contributed by atoms with Crippen molar-refractivity contribution in [2.75, 3.05) is 16.2 Å². The lowest BCUT2D eigenvalue weighted by atomic mass is 10.2. The highest BCUT2D eigenvalue weighted by atomic mass is 35.5. The molecule has 32 heavy (non-hydrogen) atoms. The van der Waals surface area contributed by atoms with Crippen LogP contribution < -0.4 is 9.62 Å². The van der Waals surface area contributed by atoms with Gasteiger partial charge < -0.3 is 10.1 Å². The van der Waals surface area contributed by atoms with Crippen LogP contribution in [-0.4, -0.2) is 32.9 Å². The Balaban J connectivity index is 2.59. The molecule has 12 heteroatoms. The van der Waals surface area contributed by atoms with Crippen molar-refractivity contribution in [2.24, 2.45) is 0 Å².